The van der Waals surface area contributed by atoms with Crippen LogP contribution in [0.5, 0.6) is 0 Å². The van der Waals surface area contributed by atoms with Crippen LogP contribution in [0.4, 0.5) is 17.1 Å². The average Bonchev–Trinajstić information content (AvgIpc) is 2.74. The fourth-order valence-corrected chi connectivity index (χ4v) is 3.26. The Balaban J connectivity index is 2.23. The largest absolute Gasteiger partial charge is 0.353 e. The van der Waals surface area contributed by atoms with Crippen molar-refractivity contribution < 1.29 is 0 Å². The SMILES string of the molecule is Cc1cc(C)c(C)c(N2c3cc(C#N)ccc3N(C)[C@@H]2C)c1. The summed E-state index contributed by atoms with van der Waals surface area (Å²) in [4.78, 5) is 4.60. The number of nitriles is 1. The number of hydrogen-bond acceptors (Lipinski definition) is 3. The standard InChI is InChI=1S/C19H21N3/c1-12-8-13(2)14(3)18(9-12)22-15(4)21(5)17-7-6-16(11-20)10-19(17)22/h6-10,15H,1-5H3/t15-/m0/s1. The van der Waals surface area contributed by atoms with E-state index >= 15 is 0 Å². The first kappa shape index (κ1) is 14.5. The minimum atomic E-state index is 0.226. The first-order valence-corrected chi connectivity index (χ1v) is 7.58. The third kappa shape index (κ3) is 2.03. The molecule has 112 valence electrons. The van der Waals surface area contributed by atoms with Gasteiger partial charge in [-0.15, -0.1) is 0 Å². The first-order valence-electron chi connectivity index (χ1n) is 7.58. The smallest absolute Gasteiger partial charge is 0.103 e. The number of fused-ring (bicyclic) bond motifs is 1. The summed E-state index contributed by atoms with van der Waals surface area (Å²) in [6.07, 6.45) is 0.226. The Kier molecular flexibility index (Phi) is 3.33. The number of hydrogen-bond donors (Lipinski definition) is 0. The van der Waals surface area contributed by atoms with Crippen molar-refractivity contribution in [2.75, 3.05) is 16.8 Å². The second-order valence-corrected chi connectivity index (χ2v) is 6.15. The summed E-state index contributed by atoms with van der Waals surface area (Å²) >= 11 is 0. The third-order valence-electron chi connectivity index (χ3n) is 4.72. The second kappa shape index (κ2) is 5.06. The van der Waals surface area contributed by atoms with Gasteiger partial charge in [0.05, 0.1) is 23.0 Å². The second-order valence-electron chi connectivity index (χ2n) is 6.15. The molecule has 2 aromatic carbocycles. The topological polar surface area (TPSA) is 30.3 Å². The Morgan fingerprint density at radius 2 is 1.73 bits per heavy atom. The molecule has 3 nitrogen and oxygen atoms in total. The van der Waals surface area contributed by atoms with Crippen LogP contribution in [0.2, 0.25) is 0 Å². The van der Waals surface area contributed by atoms with Crippen LogP contribution in [0.3, 0.4) is 0 Å². The number of benzene rings is 2. The molecule has 0 bridgehead atoms. The molecule has 1 aliphatic heterocycles. The lowest BCUT2D eigenvalue weighted by atomic mass is 10.0. The molecule has 0 spiro atoms. The van der Waals surface area contributed by atoms with Crippen LogP contribution in [0.15, 0.2) is 30.3 Å². The zero-order chi connectivity index (χ0) is 16.0. The molecular formula is C19H21N3. The lowest BCUT2D eigenvalue weighted by Crippen LogP contribution is -2.36. The monoisotopic (exact) mass is 291 g/mol. The van der Waals surface area contributed by atoms with Crippen molar-refractivity contribution in [3.05, 3.63) is 52.6 Å². The summed E-state index contributed by atoms with van der Waals surface area (Å²) < 4.78 is 0. The van der Waals surface area contributed by atoms with Crippen LogP contribution in [-0.2, 0) is 0 Å². The van der Waals surface area contributed by atoms with Crippen LogP contribution in [0.1, 0.15) is 29.2 Å². The number of aryl methyl sites for hydroxylation is 2. The number of rotatable bonds is 1. The van der Waals surface area contributed by atoms with Gasteiger partial charge in [-0.3, -0.25) is 0 Å². The molecule has 0 amide bonds. The molecule has 0 fully saturated rings. The number of anilines is 3. The molecule has 0 radical (unpaired) electrons. The summed E-state index contributed by atoms with van der Waals surface area (Å²) in [7, 11) is 2.10. The van der Waals surface area contributed by atoms with Gasteiger partial charge in [-0.05, 0) is 68.7 Å². The molecule has 1 atom stereocenters. The van der Waals surface area contributed by atoms with E-state index in [9.17, 15) is 5.26 Å². The van der Waals surface area contributed by atoms with E-state index in [0.29, 0.717) is 5.56 Å². The van der Waals surface area contributed by atoms with E-state index in [0.717, 1.165) is 5.69 Å². The molecule has 0 saturated carbocycles. The molecule has 0 aliphatic carbocycles. The van der Waals surface area contributed by atoms with Crippen molar-refractivity contribution in [3.8, 4) is 6.07 Å². The summed E-state index contributed by atoms with van der Waals surface area (Å²) in [6.45, 7) is 8.65. The van der Waals surface area contributed by atoms with E-state index in [1.807, 2.05) is 18.2 Å². The summed E-state index contributed by atoms with van der Waals surface area (Å²) in [5, 5.41) is 9.22. The van der Waals surface area contributed by atoms with Crippen LogP contribution in [-0.4, -0.2) is 13.2 Å². The van der Waals surface area contributed by atoms with Crippen molar-refractivity contribution in [1.29, 1.82) is 5.26 Å². The van der Waals surface area contributed by atoms with Crippen molar-refractivity contribution in [2.45, 2.75) is 33.9 Å². The molecule has 1 heterocycles. The van der Waals surface area contributed by atoms with E-state index in [1.54, 1.807) is 0 Å². The van der Waals surface area contributed by atoms with Gasteiger partial charge < -0.3 is 9.80 Å². The summed E-state index contributed by atoms with van der Waals surface area (Å²) in [6, 6.07) is 12.6. The lowest BCUT2D eigenvalue weighted by Gasteiger charge is -2.30. The highest BCUT2D eigenvalue weighted by Gasteiger charge is 2.32. The predicted octanol–water partition coefficient (Wildman–Crippen LogP) is 4.42. The molecule has 0 saturated heterocycles. The van der Waals surface area contributed by atoms with Gasteiger partial charge in [-0.25, -0.2) is 0 Å². The van der Waals surface area contributed by atoms with Crippen LogP contribution in [0, 0.1) is 32.1 Å². The molecule has 0 unspecified atom stereocenters. The van der Waals surface area contributed by atoms with Gasteiger partial charge in [0.1, 0.15) is 6.17 Å². The van der Waals surface area contributed by atoms with Gasteiger partial charge in [0.2, 0.25) is 0 Å². The molecule has 3 rings (SSSR count). The van der Waals surface area contributed by atoms with Crippen LogP contribution >= 0.6 is 0 Å². The highest BCUT2D eigenvalue weighted by atomic mass is 15.4. The van der Waals surface area contributed by atoms with Crippen molar-refractivity contribution in [2.24, 2.45) is 0 Å². The van der Waals surface area contributed by atoms with Gasteiger partial charge in [-0.2, -0.15) is 5.26 Å². The highest BCUT2D eigenvalue weighted by molar-refractivity contribution is 5.85. The van der Waals surface area contributed by atoms with Gasteiger partial charge in [0, 0.05) is 12.7 Å². The Labute approximate surface area is 132 Å². The number of nitrogens with zero attached hydrogens (tertiary/aromatic N) is 3. The van der Waals surface area contributed by atoms with Crippen molar-refractivity contribution in [3.63, 3.8) is 0 Å². The Hall–Kier alpha value is -2.47. The normalized spacial score (nSPS) is 16.6. The fourth-order valence-electron chi connectivity index (χ4n) is 3.26. The van der Waals surface area contributed by atoms with Crippen molar-refractivity contribution >= 4 is 17.1 Å². The Morgan fingerprint density at radius 3 is 2.41 bits per heavy atom. The molecule has 0 N–H and O–H groups in total. The first-order chi connectivity index (χ1) is 10.4. The van der Waals surface area contributed by atoms with Crippen molar-refractivity contribution in [1.82, 2.24) is 0 Å². The predicted molar refractivity (Wildman–Crippen MR) is 91.8 cm³/mol. The van der Waals surface area contributed by atoms with E-state index in [1.165, 1.54) is 28.1 Å². The quantitative estimate of drug-likeness (QED) is 0.779. The van der Waals surface area contributed by atoms with Gasteiger partial charge in [-0.1, -0.05) is 6.07 Å². The summed E-state index contributed by atoms with van der Waals surface area (Å²) in [5.41, 5.74) is 8.07. The maximum atomic E-state index is 9.22. The van der Waals surface area contributed by atoms with Gasteiger partial charge >= 0.3 is 0 Å². The average molecular weight is 291 g/mol. The molecule has 2 aromatic rings. The van der Waals surface area contributed by atoms with E-state index in [2.05, 4.69) is 62.7 Å². The summed E-state index contributed by atoms with van der Waals surface area (Å²) in [5.74, 6) is 0. The molecule has 0 aromatic heterocycles. The zero-order valence-corrected chi connectivity index (χ0v) is 13.8. The fraction of sp³-hybridized carbons (Fsp3) is 0.316. The molecular weight excluding hydrogens is 270 g/mol. The van der Waals surface area contributed by atoms with Gasteiger partial charge in [0.15, 0.2) is 0 Å². The maximum absolute atomic E-state index is 9.22. The van der Waals surface area contributed by atoms with E-state index in [-0.39, 0.29) is 6.17 Å². The Bertz CT molecular complexity index is 786. The third-order valence-corrected chi connectivity index (χ3v) is 4.72. The minimum absolute atomic E-state index is 0.226. The van der Waals surface area contributed by atoms with E-state index in [4.69, 9.17) is 0 Å². The van der Waals surface area contributed by atoms with Crippen LogP contribution < -0.4 is 9.80 Å². The lowest BCUT2D eigenvalue weighted by molar-refractivity contribution is 0.732. The van der Waals surface area contributed by atoms with Gasteiger partial charge in [0.25, 0.3) is 0 Å². The Morgan fingerprint density at radius 1 is 1.00 bits per heavy atom. The molecule has 3 heteroatoms. The molecule has 1 aliphatic rings. The molecule has 22 heavy (non-hydrogen) atoms. The minimum Gasteiger partial charge on any atom is -0.353 e. The van der Waals surface area contributed by atoms with E-state index < -0.39 is 0 Å². The maximum Gasteiger partial charge on any atom is 0.103 e. The van der Waals surface area contributed by atoms with Crippen LogP contribution in [0.25, 0.3) is 0 Å². The highest BCUT2D eigenvalue weighted by Crippen LogP contribution is 2.45. The zero-order valence-electron chi connectivity index (χ0n) is 13.8.